The van der Waals surface area contributed by atoms with Crippen LogP contribution in [0.25, 0.3) is 10.9 Å². The number of carbonyl (C=O) groups is 2. The lowest BCUT2D eigenvalue weighted by atomic mass is 9.87. The first-order valence-electron chi connectivity index (χ1n) is 10.2. The van der Waals surface area contributed by atoms with Gasteiger partial charge in [-0.25, -0.2) is 0 Å². The van der Waals surface area contributed by atoms with Crippen LogP contribution in [0.2, 0.25) is 0 Å². The summed E-state index contributed by atoms with van der Waals surface area (Å²) in [5, 5.41) is 6.76. The molecule has 0 fully saturated rings. The lowest BCUT2D eigenvalue weighted by Crippen LogP contribution is -2.33. The standard InChI is InChI=1S/C24H27N3O2/c1-14-7-9-20-18(11-14)19-12-17(8-10-21(19)26-20)24(29)25-13-22(28)27-23-15(2)5-4-6-16(23)3/h4-6,8,10,12,14,26H,7,9,11,13H2,1-3H3,(H,25,29)(H,27,28)/t14-/m0/s1. The maximum atomic E-state index is 12.6. The number of benzene rings is 2. The maximum absolute atomic E-state index is 12.6. The molecule has 150 valence electrons. The minimum atomic E-state index is -0.234. The molecule has 1 aliphatic carbocycles. The molecule has 1 aliphatic rings. The van der Waals surface area contributed by atoms with Crippen LogP contribution in [0.5, 0.6) is 0 Å². The molecule has 0 saturated carbocycles. The largest absolute Gasteiger partial charge is 0.358 e. The summed E-state index contributed by atoms with van der Waals surface area (Å²) in [6, 6.07) is 11.6. The molecule has 0 unspecified atom stereocenters. The first-order valence-corrected chi connectivity index (χ1v) is 10.2. The normalized spacial score (nSPS) is 15.8. The van der Waals surface area contributed by atoms with Gasteiger partial charge in [0.05, 0.1) is 6.54 Å². The molecule has 0 spiro atoms. The Labute approximate surface area is 170 Å². The molecule has 0 aliphatic heterocycles. The van der Waals surface area contributed by atoms with Gasteiger partial charge in [0.25, 0.3) is 5.91 Å². The van der Waals surface area contributed by atoms with E-state index < -0.39 is 0 Å². The van der Waals surface area contributed by atoms with E-state index in [1.165, 1.54) is 17.7 Å². The van der Waals surface area contributed by atoms with Crippen molar-refractivity contribution < 1.29 is 9.59 Å². The number of para-hydroxylation sites is 1. The summed E-state index contributed by atoms with van der Waals surface area (Å²) >= 11 is 0. The van der Waals surface area contributed by atoms with Crippen LogP contribution in [0, 0.1) is 19.8 Å². The molecule has 5 heteroatoms. The minimum absolute atomic E-state index is 0.0626. The van der Waals surface area contributed by atoms with Crippen LogP contribution in [0.15, 0.2) is 36.4 Å². The molecule has 4 rings (SSSR count). The van der Waals surface area contributed by atoms with Crippen LogP contribution in [0.3, 0.4) is 0 Å². The Bertz CT molecular complexity index is 1080. The van der Waals surface area contributed by atoms with E-state index >= 15 is 0 Å². The predicted octanol–water partition coefficient (Wildman–Crippen LogP) is 4.28. The number of aromatic nitrogens is 1. The summed E-state index contributed by atoms with van der Waals surface area (Å²) in [7, 11) is 0. The lowest BCUT2D eigenvalue weighted by molar-refractivity contribution is -0.115. The SMILES string of the molecule is Cc1cccc(C)c1NC(=O)CNC(=O)c1ccc2[nH]c3c(c2c1)C[C@@H](C)CC3. The van der Waals surface area contributed by atoms with Gasteiger partial charge in [-0.1, -0.05) is 25.1 Å². The van der Waals surface area contributed by atoms with E-state index in [4.69, 9.17) is 0 Å². The van der Waals surface area contributed by atoms with Gasteiger partial charge >= 0.3 is 0 Å². The molecule has 3 aromatic rings. The highest BCUT2D eigenvalue weighted by molar-refractivity contribution is 6.02. The first-order chi connectivity index (χ1) is 13.9. The summed E-state index contributed by atoms with van der Waals surface area (Å²) in [5.74, 6) is 0.194. The van der Waals surface area contributed by atoms with Crippen molar-refractivity contribution >= 4 is 28.4 Å². The zero-order valence-electron chi connectivity index (χ0n) is 17.2. The number of rotatable bonds is 4. The monoisotopic (exact) mass is 389 g/mol. The van der Waals surface area contributed by atoms with Crippen LogP contribution in [0.1, 0.15) is 46.1 Å². The average Bonchev–Trinajstić information content (AvgIpc) is 3.06. The molecular formula is C24H27N3O2. The number of H-pyrrole nitrogens is 1. The van der Waals surface area contributed by atoms with Gasteiger partial charge in [0.1, 0.15) is 0 Å². The molecule has 0 saturated heterocycles. The number of carbonyl (C=O) groups excluding carboxylic acids is 2. The Balaban J connectivity index is 1.45. The van der Waals surface area contributed by atoms with Gasteiger partial charge in [0.2, 0.25) is 5.91 Å². The number of aryl methyl sites for hydroxylation is 3. The maximum Gasteiger partial charge on any atom is 0.251 e. The van der Waals surface area contributed by atoms with Crippen molar-refractivity contribution in [3.05, 3.63) is 64.3 Å². The number of fused-ring (bicyclic) bond motifs is 3. The predicted molar refractivity (Wildman–Crippen MR) is 116 cm³/mol. The second-order valence-electron chi connectivity index (χ2n) is 8.19. The fourth-order valence-electron chi connectivity index (χ4n) is 4.19. The molecule has 2 aromatic carbocycles. The fraction of sp³-hybridized carbons (Fsp3) is 0.333. The molecule has 1 aromatic heterocycles. The van der Waals surface area contributed by atoms with Gasteiger partial charge in [-0.2, -0.15) is 0 Å². The van der Waals surface area contributed by atoms with E-state index in [0.29, 0.717) is 11.5 Å². The Morgan fingerprint density at radius 1 is 1.14 bits per heavy atom. The van der Waals surface area contributed by atoms with Gasteiger partial charge in [-0.3, -0.25) is 9.59 Å². The van der Waals surface area contributed by atoms with Crippen LogP contribution in [-0.2, 0) is 17.6 Å². The number of nitrogens with one attached hydrogen (secondary N) is 3. The number of anilines is 1. The molecule has 3 N–H and O–H groups in total. The third-order valence-corrected chi connectivity index (χ3v) is 5.85. The average molecular weight is 389 g/mol. The Morgan fingerprint density at radius 2 is 1.90 bits per heavy atom. The summed E-state index contributed by atoms with van der Waals surface area (Å²) in [5.41, 5.74) is 7.10. The molecule has 1 atom stereocenters. The Morgan fingerprint density at radius 3 is 2.66 bits per heavy atom. The van der Waals surface area contributed by atoms with Crippen LogP contribution in [-0.4, -0.2) is 23.3 Å². The van der Waals surface area contributed by atoms with E-state index in [1.807, 2.05) is 50.2 Å². The number of amides is 2. The second-order valence-corrected chi connectivity index (χ2v) is 8.19. The summed E-state index contributed by atoms with van der Waals surface area (Å²) in [6.45, 7) is 6.11. The van der Waals surface area contributed by atoms with Crippen molar-refractivity contribution in [2.45, 2.75) is 40.0 Å². The van der Waals surface area contributed by atoms with E-state index in [2.05, 4.69) is 22.5 Å². The molecule has 0 bridgehead atoms. The van der Waals surface area contributed by atoms with Gasteiger partial charge in [-0.15, -0.1) is 0 Å². The second kappa shape index (κ2) is 7.74. The first kappa shape index (κ1) is 19.2. The third-order valence-electron chi connectivity index (χ3n) is 5.85. The van der Waals surface area contributed by atoms with E-state index in [9.17, 15) is 9.59 Å². The van der Waals surface area contributed by atoms with Crippen molar-refractivity contribution in [2.75, 3.05) is 11.9 Å². The number of hydrogen-bond acceptors (Lipinski definition) is 2. The Hall–Kier alpha value is -3.08. The Kier molecular flexibility index (Phi) is 5.14. The fourth-order valence-corrected chi connectivity index (χ4v) is 4.19. The highest BCUT2D eigenvalue weighted by Crippen LogP contribution is 2.32. The van der Waals surface area contributed by atoms with Crippen molar-refractivity contribution in [1.82, 2.24) is 10.3 Å². The van der Waals surface area contributed by atoms with E-state index in [-0.39, 0.29) is 18.4 Å². The quantitative estimate of drug-likeness (QED) is 0.623. The van der Waals surface area contributed by atoms with Crippen molar-refractivity contribution in [3.63, 3.8) is 0 Å². The van der Waals surface area contributed by atoms with Crippen molar-refractivity contribution in [1.29, 1.82) is 0 Å². The molecule has 2 amide bonds. The highest BCUT2D eigenvalue weighted by Gasteiger charge is 2.20. The van der Waals surface area contributed by atoms with Crippen LogP contribution in [0.4, 0.5) is 5.69 Å². The third kappa shape index (κ3) is 3.90. The van der Waals surface area contributed by atoms with Crippen LogP contribution >= 0.6 is 0 Å². The number of aromatic amines is 1. The topological polar surface area (TPSA) is 74.0 Å². The zero-order valence-corrected chi connectivity index (χ0v) is 17.2. The minimum Gasteiger partial charge on any atom is -0.358 e. The molecular weight excluding hydrogens is 362 g/mol. The lowest BCUT2D eigenvalue weighted by Gasteiger charge is -2.18. The summed E-state index contributed by atoms with van der Waals surface area (Å²) < 4.78 is 0. The van der Waals surface area contributed by atoms with Gasteiger partial charge in [0, 0.05) is 27.8 Å². The molecule has 1 heterocycles. The van der Waals surface area contributed by atoms with Crippen molar-refractivity contribution in [2.24, 2.45) is 5.92 Å². The number of hydrogen-bond donors (Lipinski definition) is 3. The van der Waals surface area contributed by atoms with E-state index in [1.54, 1.807) is 0 Å². The van der Waals surface area contributed by atoms with Gasteiger partial charge in [0.15, 0.2) is 0 Å². The van der Waals surface area contributed by atoms with Gasteiger partial charge < -0.3 is 15.6 Å². The molecule has 29 heavy (non-hydrogen) atoms. The molecule has 5 nitrogen and oxygen atoms in total. The van der Waals surface area contributed by atoms with Gasteiger partial charge in [-0.05, 0) is 73.9 Å². The van der Waals surface area contributed by atoms with E-state index in [0.717, 1.165) is 40.6 Å². The molecule has 0 radical (unpaired) electrons. The van der Waals surface area contributed by atoms with Crippen LogP contribution < -0.4 is 10.6 Å². The smallest absolute Gasteiger partial charge is 0.251 e. The highest BCUT2D eigenvalue weighted by atomic mass is 16.2. The van der Waals surface area contributed by atoms with Crippen molar-refractivity contribution in [3.8, 4) is 0 Å². The zero-order chi connectivity index (χ0) is 20.5. The summed E-state index contributed by atoms with van der Waals surface area (Å²) in [4.78, 5) is 28.4. The summed E-state index contributed by atoms with van der Waals surface area (Å²) in [6.07, 6.45) is 3.30.